The van der Waals surface area contributed by atoms with Gasteiger partial charge in [0.2, 0.25) is 15.9 Å². The largest absolute Gasteiger partial charge is 0.368 e. The molecule has 0 radical (unpaired) electrons. The SMILES string of the molecule is C#CCC(NS(=O)(=O)c1c(F)cccc1Cl)C(N)=O. The van der Waals surface area contributed by atoms with Gasteiger partial charge in [-0.1, -0.05) is 17.7 Å². The molecule has 0 aliphatic heterocycles. The Balaban J connectivity index is 3.19. The third kappa shape index (κ3) is 3.67. The number of primary amides is 1. The molecule has 8 heteroatoms. The number of hydrogen-bond donors (Lipinski definition) is 2. The van der Waals surface area contributed by atoms with Gasteiger partial charge >= 0.3 is 0 Å². The van der Waals surface area contributed by atoms with Crippen LogP contribution >= 0.6 is 11.6 Å². The molecule has 0 aromatic heterocycles. The lowest BCUT2D eigenvalue weighted by molar-refractivity contribution is -0.119. The summed E-state index contributed by atoms with van der Waals surface area (Å²) in [5.41, 5.74) is 5.00. The van der Waals surface area contributed by atoms with Gasteiger partial charge in [0, 0.05) is 6.42 Å². The number of terminal acetylenes is 1. The number of nitrogens with one attached hydrogen (secondary N) is 1. The Morgan fingerprint density at radius 3 is 2.68 bits per heavy atom. The van der Waals surface area contributed by atoms with Crippen molar-refractivity contribution in [3.63, 3.8) is 0 Å². The number of amides is 1. The monoisotopic (exact) mass is 304 g/mol. The lowest BCUT2D eigenvalue weighted by atomic mass is 10.2. The Kier molecular flexibility index (Phi) is 4.89. The summed E-state index contributed by atoms with van der Waals surface area (Å²) in [6, 6.07) is 2.07. The second-order valence-electron chi connectivity index (χ2n) is 3.54. The minimum atomic E-state index is -4.34. The van der Waals surface area contributed by atoms with Gasteiger partial charge in [-0.3, -0.25) is 4.79 Å². The molecular formula is C11H10ClFN2O3S. The summed E-state index contributed by atoms with van der Waals surface area (Å²) in [5.74, 6) is 0.0960. The number of hydrogen-bond acceptors (Lipinski definition) is 3. The summed E-state index contributed by atoms with van der Waals surface area (Å²) < 4.78 is 39.3. The summed E-state index contributed by atoms with van der Waals surface area (Å²) in [5, 5.41) is -0.309. The Bertz CT molecular complexity index is 620. The summed E-state index contributed by atoms with van der Waals surface area (Å²) in [4.78, 5) is 10.3. The predicted molar refractivity (Wildman–Crippen MR) is 68.2 cm³/mol. The molecule has 0 fully saturated rings. The zero-order chi connectivity index (χ0) is 14.6. The van der Waals surface area contributed by atoms with Crippen molar-refractivity contribution in [1.82, 2.24) is 4.72 Å². The Morgan fingerprint density at radius 1 is 1.58 bits per heavy atom. The van der Waals surface area contributed by atoms with Crippen LogP contribution in [0.5, 0.6) is 0 Å². The molecule has 19 heavy (non-hydrogen) atoms. The molecule has 1 atom stereocenters. The highest BCUT2D eigenvalue weighted by Crippen LogP contribution is 2.24. The first kappa shape index (κ1) is 15.4. The molecule has 1 aromatic carbocycles. The molecule has 0 saturated carbocycles. The molecule has 1 unspecified atom stereocenters. The quantitative estimate of drug-likeness (QED) is 0.782. The van der Waals surface area contributed by atoms with Crippen molar-refractivity contribution in [2.75, 3.05) is 0 Å². The average molecular weight is 305 g/mol. The summed E-state index contributed by atoms with van der Waals surface area (Å²) in [6.07, 6.45) is 4.74. The first-order valence-electron chi connectivity index (χ1n) is 4.98. The Hall–Kier alpha value is -1.62. The van der Waals surface area contributed by atoms with Gasteiger partial charge in [0.05, 0.1) is 5.02 Å². The van der Waals surface area contributed by atoms with E-state index in [1.54, 1.807) is 0 Å². The van der Waals surface area contributed by atoms with Crippen molar-refractivity contribution in [1.29, 1.82) is 0 Å². The lowest BCUT2D eigenvalue weighted by Gasteiger charge is -2.14. The molecule has 0 heterocycles. The third-order valence-electron chi connectivity index (χ3n) is 2.15. The molecule has 3 N–H and O–H groups in total. The van der Waals surface area contributed by atoms with Crippen LogP contribution in [0.4, 0.5) is 4.39 Å². The van der Waals surface area contributed by atoms with E-state index in [4.69, 9.17) is 23.8 Å². The van der Waals surface area contributed by atoms with Gasteiger partial charge in [0.25, 0.3) is 0 Å². The van der Waals surface area contributed by atoms with Gasteiger partial charge < -0.3 is 5.73 Å². The van der Waals surface area contributed by atoms with E-state index in [9.17, 15) is 17.6 Å². The molecule has 1 rings (SSSR count). The zero-order valence-corrected chi connectivity index (χ0v) is 11.1. The number of halogens is 2. The van der Waals surface area contributed by atoms with Gasteiger partial charge in [0.1, 0.15) is 16.8 Å². The third-order valence-corrected chi connectivity index (χ3v) is 4.12. The van der Waals surface area contributed by atoms with Crippen molar-refractivity contribution >= 4 is 27.5 Å². The van der Waals surface area contributed by atoms with Crippen molar-refractivity contribution in [3.8, 4) is 12.3 Å². The topological polar surface area (TPSA) is 89.3 Å². The van der Waals surface area contributed by atoms with Crippen LogP contribution in [-0.4, -0.2) is 20.4 Å². The van der Waals surface area contributed by atoms with Crippen molar-refractivity contribution in [2.45, 2.75) is 17.4 Å². The smallest absolute Gasteiger partial charge is 0.245 e. The zero-order valence-electron chi connectivity index (χ0n) is 9.56. The number of rotatable bonds is 5. The van der Waals surface area contributed by atoms with Crippen LogP contribution in [0, 0.1) is 18.2 Å². The summed E-state index contributed by atoms with van der Waals surface area (Å²) in [7, 11) is -4.34. The van der Waals surface area contributed by atoms with Crippen molar-refractivity contribution < 1.29 is 17.6 Å². The molecule has 0 spiro atoms. The molecule has 1 amide bonds. The van der Waals surface area contributed by atoms with E-state index in [1.807, 2.05) is 4.72 Å². The average Bonchev–Trinajstić information content (AvgIpc) is 2.27. The highest BCUT2D eigenvalue weighted by atomic mass is 35.5. The van der Waals surface area contributed by atoms with Crippen LogP contribution in [0.2, 0.25) is 5.02 Å². The first-order chi connectivity index (χ1) is 8.79. The Labute approximate surface area is 115 Å². The van der Waals surface area contributed by atoms with E-state index in [1.165, 1.54) is 12.1 Å². The van der Waals surface area contributed by atoms with E-state index in [-0.39, 0.29) is 11.4 Å². The van der Waals surface area contributed by atoms with Gasteiger partial charge in [0.15, 0.2) is 0 Å². The van der Waals surface area contributed by atoms with E-state index in [0.29, 0.717) is 0 Å². The van der Waals surface area contributed by atoms with Crippen LogP contribution in [-0.2, 0) is 14.8 Å². The lowest BCUT2D eigenvalue weighted by Crippen LogP contribution is -2.44. The van der Waals surface area contributed by atoms with Gasteiger partial charge in [-0.25, -0.2) is 12.8 Å². The molecular weight excluding hydrogens is 295 g/mol. The van der Waals surface area contributed by atoms with Crippen molar-refractivity contribution in [3.05, 3.63) is 29.0 Å². The van der Waals surface area contributed by atoms with E-state index < -0.39 is 32.7 Å². The van der Waals surface area contributed by atoms with E-state index >= 15 is 0 Å². The molecule has 5 nitrogen and oxygen atoms in total. The first-order valence-corrected chi connectivity index (χ1v) is 6.85. The van der Waals surface area contributed by atoms with E-state index in [0.717, 1.165) is 6.07 Å². The second kappa shape index (κ2) is 6.02. The number of sulfonamides is 1. The molecule has 0 aliphatic carbocycles. The molecule has 102 valence electrons. The van der Waals surface area contributed by atoms with Crippen LogP contribution in [0.1, 0.15) is 6.42 Å². The number of carbonyl (C=O) groups excluding carboxylic acids is 1. The maximum absolute atomic E-state index is 13.5. The highest BCUT2D eigenvalue weighted by molar-refractivity contribution is 7.89. The predicted octanol–water partition coefficient (Wildman–Crippen LogP) is 0.635. The van der Waals surface area contributed by atoms with Crippen LogP contribution in [0.15, 0.2) is 23.1 Å². The molecule has 0 saturated heterocycles. The van der Waals surface area contributed by atoms with Gasteiger partial charge in [-0.15, -0.1) is 12.3 Å². The minimum absolute atomic E-state index is 0.249. The fourth-order valence-electron chi connectivity index (χ4n) is 1.30. The molecule has 1 aromatic rings. The van der Waals surface area contributed by atoms with Gasteiger partial charge in [-0.05, 0) is 12.1 Å². The normalized spacial score (nSPS) is 12.7. The van der Waals surface area contributed by atoms with Crippen LogP contribution in [0.3, 0.4) is 0 Å². The second-order valence-corrected chi connectivity index (χ2v) is 5.59. The summed E-state index contributed by atoms with van der Waals surface area (Å²) >= 11 is 5.64. The van der Waals surface area contributed by atoms with E-state index in [2.05, 4.69) is 5.92 Å². The maximum atomic E-state index is 13.5. The highest BCUT2D eigenvalue weighted by Gasteiger charge is 2.27. The van der Waals surface area contributed by atoms with Crippen LogP contribution < -0.4 is 10.5 Å². The van der Waals surface area contributed by atoms with Crippen LogP contribution in [0.25, 0.3) is 0 Å². The fourth-order valence-corrected chi connectivity index (χ4v) is 3.11. The summed E-state index contributed by atoms with van der Waals surface area (Å²) in [6.45, 7) is 0. The van der Waals surface area contributed by atoms with Crippen molar-refractivity contribution in [2.24, 2.45) is 5.73 Å². The maximum Gasteiger partial charge on any atom is 0.245 e. The standard InChI is InChI=1S/C11H10ClFN2O3S/c1-2-4-9(11(14)16)15-19(17,18)10-7(12)5-3-6-8(10)13/h1,3,5-6,9,15H,4H2,(H2,14,16). The molecule has 0 bridgehead atoms. The Morgan fingerprint density at radius 2 is 2.21 bits per heavy atom. The molecule has 0 aliphatic rings. The number of nitrogens with two attached hydrogens (primary N) is 1. The van der Waals surface area contributed by atoms with Gasteiger partial charge in [-0.2, -0.15) is 4.72 Å². The minimum Gasteiger partial charge on any atom is -0.368 e. The number of carbonyl (C=O) groups is 1. The number of benzene rings is 1. The fraction of sp³-hybridized carbons (Fsp3) is 0.182.